The van der Waals surface area contributed by atoms with Crippen molar-refractivity contribution >= 4 is 60.7 Å². The predicted molar refractivity (Wildman–Crippen MR) is 173 cm³/mol. The van der Waals surface area contributed by atoms with Crippen molar-refractivity contribution in [2.45, 2.75) is 128 Å². The second kappa shape index (κ2) is 15.1. The van der Waals surface area contributed by atoms with Gasteiger partial charge >= 0.3 is 8.56 Å². The average molecular weight is 658 g/mol. The minimum absolute atomic E-state index is 0.00356. The van der Waals surface area contributed by atoms with Gasteiger partial charge in [0.15, 0.2) is 17.0 Å². The van der Waals surface area contributed by atoms with E-state index in [2.05, 4.69) is 41.0 Å². The standard InChI is InChI=1S/C29H48ClN5O6SSi/c1-15(2)27(37)34-29-32-25(30)22-26(33-29)35(14-31-22)28-23(36)24(21(40-28)13-39-16(3)4)41-43(38,18(7)8)20(10)12-11-19(9)42-17(5)6/h14-21,24,28,38H,11-13H2,1-10H3,(H,32,33,34,37)/t19?,20?,21-,24-,28-,43?/m1/s1. The summed E-state index contributed by atoms with van der Waals surface area (Å²) in [7, 11) is -3.44. The fourth-order valence-electron chi connectivity index (χ4n) is 4.99. The zero-order chi connectivity index (χ0) is 32.2. The molecule has 3 unspecified atom stereocenters. The third-order valence-electron chi connectivity index (χ3n) is 7.51. The summed E-state index contributed by atoms with van der Waals surface area (Å²) in [6.07, 6.45) is 0.0479. The van der Waals surface area contributed by atoms with Gasteiger partial charge in [-0.1, -0.05) is 67.0 Å². The Morgan fingerprint density at radius 1 is 1.14 bits per heavy atom. The van der Waals surface area contributed by atoms with E-state index in [9.17, 15) is 14.4 Å². The van der Waals surface area contributed by atoms with Gasteiger partial charge in [0.2, 0.25) is 17.6 Å². The molecule has 2 N–H and O–H groups in total. The number of hydrogen-bond acceptors (Lipinski definition) is 10. The Bertz CT molecular complexity index is 1260. The fraction of sp³-hybridized carbons (Fsp3) is 0.759. The van der Waals surface area contributed by atoms with Crippen molar-refractivity contribution < 1.29 is 28.3 Å². The Morgan fingerprint density at radius 3 is 2.40 bits per heavy atom. The van der Waals surface area contributed by atoms with Crippen molar-refractivity contribution in [3.8, 4) is 0 Å². The number of thioether (sulfide) groups is 1. The lowest BCUT2D eigenvalue weighted by molar-refractivity contribution is -0.130. The van der Waals surface area contributed by atoms with Crippen LogP contribution in [0.1, 0.15) is 88.3 Å². The molecule has 14 heteroatoms. The number of ketones is 1. The molecular formula is C29H48ClN5O6SSi. The summed E-state index contributed by atoms with van der Waals surface area (Å²) in [6, 6.07) is 0. The van der Waals surface area contributed by atoms with Crippen LogP contribution in [0.5, 0.6) is 0 Å². The number of aromatic nitrogens is 4. The van der Waals surface area contributed by atoms with Gasteiger partial charge in [-0.25, -0.2) is 4.98 Å². The van der Waals surface area contributed by atoms with E-state index < -0.39 is 27.0 Å². The summed E-state index contributed by atoms with van der Waals surface area (Å²) in [4.78, 5) is 51.3. The van der Waals surface area contributed by atoms with Crippen LogP contribution in [-0.2, 0) is 23.5 Å². The normalized spacial score (nSPS) is 22.2. The first-order valence-electron chi connectivity index (χ1n) is 15.1. The molecule has 1 aliphatic heterocycles. The van der Waals surface area contributed by atoms with Gasteiger partial charge in [0.25, 0.3) is 0 Å². The number of hydrogen-bond donors (Lipinski definition) is 2. The number of nitrogens with one attached hydrogen (secondary N) is 1. The van der Waals surface area contributed by atoms with Crippen LogP contribution in [-0.4, -0.2) is 80.0 Å². The third kappa shape index (κ3) is 8.77. The molecule has 0 saturated carbocycles. The lowest BCUT2D eigenvalue weighted by atomic mass is 10.1. The largest absolute Gasteiger partial charge is 0.410 e. The van der Waals surface area contributed by atoms with Crippen molar-refractivity contribution in [3.63, 3.8) is 0 Å². The van der Waals surface area contributed by atoms with Crippen LogP contribution in [0, 0.1) is 5.92 Å². The maximum Gasteiger partial charge on any atom is 0.341 e. The Balaban J connectivity index is 1.93. The van der Waals surface area contributed by atoms with E-state index in [4.69, 9.17) is 25.5 Å². The molecule has 43 heavy (non-hydrogen) atoms. The Labute approximate surface area is 265 Å². The molecule has 2 aromatic heterocycles. The number of ether oxygens (including phenoxy) is 2. The van der Waals surface area contributed by atoms with Gasteiger partial charge < -0.3 is 18.7 Å². The maximum atomic E-state index is 14.1. The Hall–Kier alpha value is -1.61. The minimum Gasteiger partial charge on any atom is -0.410 e. The molecule has 0 radical (unpaired) electrons. The van der Waals surface area contributed by atoms with Gasteiger partial charge in [-0.3, -0.25) is 19.5 Å². The monoisotopic (exact) mass is 657 g/mol. The molecule has 2 aromatic rings. The highest BCUT2D eigenvalue weighted by molar-refractivity contribution is 8.00. The highest BCUT2D eigenvalue weighted by atomic mass is 35.5. The quantitative estimate of drug-likeness (QED) is 0.176. The highest BCUT2D eigenvalue weighted by Gasteiger charge is 2.53. The number of nitrogens with zero attached hydrogens (tertiary/aromatic N) is 4. The van der Waals surface area contributed by atoms with Crippen LogP contribution in [0.4, 0.5) is 5.95 Å². The maximum absolute atomic E-state index is 14.1. The molecule has 1 aliphatic rings. The molecule has 0 bridgehead atoms. The van der Waals surface area contributed by atoms with Crippen LogP contribution in [0.25, 0.3) is 11.2 Å². The summed E-state index contributed by atoms with van der Waals surface area (Å²) in [5.74, 6) is -0.957. The van der Waals surface area contributed by atoms with E-state index in [1.807, 2.05) is 46.4 Å². The molecule has 0 spiro atoms. The summed E-state index contributed by atoms with van der Waals surface area (Å²) >= 11 is 8.30. The van der Waals surface area contributed by atoms with Gasteiger partial charge in [-0.05, 0) is 37.5 Å². The number of anilines is 1. The molecule has 1 fully saturated rings. The lowest BCUT2D eigenvalue weighted by Gasteiger charge is -2.37. The first-order valence-corrected chi connectivity index (χ1v) is 18.4. The number of amides is 1. The Kier molecular flexibility index (Phi) is 12.6. The van der Waals surface area contributed by atoms with E-state index in [-0.39, 0.29) is 63.7 Å². The van der Waals surface area contributed by atoms with Crippen LogP contribution < -0.4 is 5.32 Å². The SMILES string of the molecule is CC(C)OC[C@H]1O[C@@H](n2cnc3c(Cl)nc(NC(=O)C(C)C)nc32)C(=O)[C@@H]1O[Si](O)(C(C)C)C(C)CCC(C)SC(C)C. The molecule has 6 atom stereocenters. The second-order valence-electron chi connectivity index (χ2n) is 12.5. The van der Waals surface area contributed by atoms with Gasteiger partial charge in [0.05, 0.1) is 19.0 Å². The fourth-order valence-corrected chi connectivity index (χ4v) is 9.30. The molecular weight excluding hydrogens is 610 g/mol. The molecule has 0 aromatic carbocycles. The number of Topliss-reactive ketones (excluding diaryl/α,β-unsaturated/α-hetero) is 1. The number of carbonyl (C=O) groups excluding carboxylic acids is 2. The number of imidazole rings is 1. The average Bonchev–Trinajstić information content (AvgIpc) is 3.46. The first kappa shape index (κ1) is 35.9. The molecule has 1 saturated heterocycles. The van der Waals surface area contributed by atoms with Gasteiger partial charge in [-0.2, -0.15) is 21.7 Å². The zero-order valence-electron chi connectivity index (χ0n) is 27.0. The van der Waals surface area contributed by atoms with E-state index in [1.54, 1.807) is 13.8 Å². The topological polar surface area (TPSA) is 138 Å². The smallest absolute Gasteiger partial charge is 0.341 e. The lowest BCUT2D eigenvalue weighted by Crippen LogP contribution is -2.52. The van der Waals surface area contributed by atoms with Crippen LogP contribution in [0.3, 0.4) is 0 Å². The van der Waals surface area contributed by atoms with Crippen molar-refractivity contribution in [2.75, 3.05) is 11.9 Å². The first-order chi connectivity index (χ1) is 20.0. The molecule has 0 aliphatic carbocycles. The van der Waals surface area contributed by atoms with Gasteiger partial charge in [0.1, 0.15) is 17.7 Å². The second-order valence-corrected chi connectivity index (χ2v) is 18.8. The van der Waals surface area contributed by atoms with Gasteiger partial charge in [0, 0.05) is 16.7 Å². The van der Waals surface area contributed by atoms with Gasteiger partial charge in [-0.15, -0.1) is 0 Å². The summed E-state index contributed by atoms with van der Waals surface area (Å²) in [5, 5.41) is 3.64. The van der Waals surface area contributed by atoms with Crippen LogP contribution in [0.15, 0.2) is 6.33 Å². The van der Waals surface area contributed by atoms with Crippen molar-refractivity contribution in [3.05, 3.63) is 11.5 Å². The van der Waals surface area contributed by atoms with E-state index >= 15 is 0 Å². The van der Waals surface area contributed by atoms with Crippen LogP contribution >= 0.6 is 23.4 Å². The number of carbonyl (C=O) groups is 2. The van der Waals surface area contributed by atoms with E-state index in [0.717, 1.165) is 12.8 Å². The highest BCUT2D eigenvalue weighted by Crippen LogP contribution is 2.40. The molecule has 242 valence electrons. The third-order valence-corrected chi connectivity index (χ3v) is 13.0. The summed E-state index contributed by atoms with van der Waals surface area (Å²) < 4.78 is 20.2. The predicted octanol–water partition coefficient (Wildman–Crippen LogP) is 5.90. The van der Waals surface area contributed by atoms with Crippen molar-refractivity contribution in [2.24, 2.45) is 5.92 Å². The molecule has 11 nitrogen and oxygen atoms in total. The minimum atomic E-state index is -3.44. The zero-order valence-corrected chi connectivity index (χ0v) is 29.5. The molecule has 1 amide bonds. The van der Waals surface area contributed by atoms with Crippen LogP contribution in [0.2, 0.25) is 16.2 Å². The van der Waals surface area contributed by atoms with E-state index in [0.29, 0.717) is 10.5 Å². The van der Waals surface area contributed by atoms with E-state index in [1.165, 1.54) is 10.9 Å². The molecule has 3 rings (SSSR count). The summed E-state index contributed by atoms with van der Waals surface area (Å²) in [6.45, 7) is 19.9. The van der Waals surface area contributed by atoms with Crippen molar-refractivity contribution in [1.29, 1.82) is 0 Å². The summed E-state index contributed by atoms with van der Waals surface area (Å²) in [5.41, 5.74) is 0.203. The molecule has 3 heterocycles. The number of fused-ring (bicyclic) bond motifs is 1. The number of halogens is 1. The number of rotatable bonds is 15. The Morgan fingerprint density at radius 2 is 1.81 bits per heavy atom. The van der Waals surface area contributed by atoms with Crippen molar-refractivity contribution in [1.82, 2.24) is 19.5 Å².